The number of hydrazine groups is 1. The number of aromatic nitrogens is 1. The van der Waals surface area contributed by atoms with Crippen LogP contribution in [0.4, 0.5) is 9.93 Å². The van der Waals surface area contributed by atoms with Crippen LogP contribution >= 0.6 is 34.7 Å². The third-order valence-electron chi connectivity index (χ3n) is 8.21. The van der Waals surface area contributed by atoms with Crippen LogP contribution in [0.5, 0.6) is 11.5 Å². The number of phenolic OH excluding ortho intramolecular Hbond substituents is 2. The van der Waals surface area contributed by atoms with Gasteiger partial charge in [-0.3, -0.25) is 34.3 Å². The number of aliphatic carboxylic acids is 2. The van der Waals surface area contributed by atoms with E-state index in [4.69, 9.17) is 22.2 Å². The molecule has 5 rings (SSSR count). The number of nitrogens with two attached hydrogens (primary N) is 1. The van der Waals surface area contributed by atoms with E-state index in [1.165, 1.54) is 19.2 Å². The molecule has 3 fully saturated rings. The molecule has 1 aromatic heterocycles. The second-order valence-corrected chi connectivity index (χ2v) is 14.8. The van der Waals surface area contributed by atoms with E-state index in [0.717, 1.165) is 38.3 Å². The topological polar surface area (TPSA) is 324 Å². The molecule has 0 radical (unpaired) electrons. The summed E-state index contributed by atoms with van der Waals surface area (Å²) in [5.74, 6) is -9.12. The number of β-lactam (4-membered cyclic amide) rings is 1. The van der Waals surface area contributed by atoms with E-state index in [-0.39, 0.29) is 30.5 Å². The highest BCUT2D eigenvalue weighted by Crippen LogP contribution is 2.49. The van der Waals surface area contributed by atoms with Crippen molar-refractivity contribution >= 4 is 92.9 Å². The number of Topliss-reactive ketones (excluding diaryl/α,β-unsaturated/α-hetero) is 1. The van der Waals surface area contributed by atoms with Gasteiger partial charge in [0.2, 0.25) is 22.3 Å². The summed E-state index contributed by atoms with van der Waals surface area (Å²) in [6, 6.07) is -0.252. The molecular weight excluding hydrogens is 782 g/mol. The van der Waals surface area contributed by atoms with Gasteiger partial charge in [-0.1, -0.05) is 28.5 Å². The summed E-state index contributed by atoms with van der Waals surface area (Å²) in [7, 11) is 0. The minimum Gasteiger partial charge on any atom is -0.504 e. The zero-order valence-electron chi connectivity index (χ0n) is 27.9. The van der Waals surface area contributed by atoms with Crippen LogP contribution in [-0.2, 0) is 33.6 Å². The van der Waals surface area contributed by atoms with E-state index in [2.05, 4.69) is 26.2 Å². The number of carbonyl (C=O) groups excluding carboxylic acids is 6. The van der Waals surface area contributed by atoms with Gasteiger partial charge in [0, 0.05) is 24.9 Å². The Morgan fingerprint density at radius 3 is 2.46 bits per heavy atom. The number of benzene rings is 1. The summed E-state index contributed by atoms with van der Waals surface area (Å²) in [6.07, 6.45) is -0.431. The van der Waals surface area contributed by atoms with Crippen molar-refractivity contribution in [3.8, 4) is 11.5 Å². The number of rotatable bonds is 14. The molecule has 3 aliphatic rings. The smallest absolute Gasteiger partial charge is 0.350 e. The summed E-state index contributed by atoms with van der Waals surface area (Å²) < 4.78 is 0. The number of carboxylic acid groups (broad SMARTS) is 2. The number of carboxylic acids is 2. The van der Waals surface area contributed by atoms with Gasteiger partial charge >= 0.3 is 18.0 Å². The molecule has 2 aromatic rings. The number of urea groups is 1. The fourth-order valence-corrected chi connectivity index (χ4v) is 7.65. The molecular formula is C29H30ClN9O13S2. The minimum atomic E-state index is -2.04. The summed E-state index contributed by atoms with van der Waals surface area (Å²) in [4.78, 5) is 111. The molecule has 1 aromatic carbocycles. The van der Waals surface area contributed by atoms with E-state index in [1.807, 2.05) is 0 Å². The number of aromatic hydroxyl groups is 2. The number of amides is 6. The third kappa shape index (κ3) is 7.34. The number of nitrogens with zero attached hydrogens (tertiary/aromatic N) is 5. The molecule has 0 unspecified atom stereocenters. The zero-order chi connectivity index (χ0) is 39.9. The Hall–Kier alpha value is -5.88. The Bertz CT molecular complexity index is 2010. The van der Waals surface area contributed by atoms with Gasteiger partial charge in [-0.05, 0) is 26.0 Å². The van der Waals surface area contributed by atoms with Gasteiger partial charge in [0.1, 0.15) is 17.1 Å². The number of hydrogen-bond donors (Lipinski definition) is 8. The average Bonchev–Trinajstić information content (AvgIpc) is 3.81. The van der Waals surface area contributed by atoms with Crippen molar-refractivity contribution in [2.24, 2.45) is 5.16 Å². The second-order valence-electron chi connectivity index (χ2n) is 12.2. The minimum absolute atomic E-state index is 0.0468. The molecule has 3 saturated heterocycles. The van der Waals surface area contributed by atoms with Gasteiger partial charge in [-0.15, -0.1) is 11.3 Å². The summed E-state index contributed by atoms with van der Waals surface area (Å²) in [6.45, 7) is 1.14. The number of anilines is 1. The number of thioether (sulfide) groups is 1. The zero-order valence-corrected chi connectivity index (χ0v) is 30.3. The van der Waals surface area contributed by atoms with Crippen LogP contribution in [0.1, 0.15) is 36.3 Å². The molecule has 0 spiro atoms. The molecule has 22 nitrogen and oxygen atoms in total. The Kier molecular flexibility index (Phi) is 10.8. The molecule has 9 N–H and O–H groups in total. The van der Waals surface area contributed by atoms with E-state index >= 15 is 0 Å². The first-order chi connectivity index (χ1) is 25.3. The predicted octanol–water partition coefficient (Wildman–Crippen LogP) is -1.29. The van der Waals surface area contributed by atoms with Crippen molar-refractivity contribution < 1.29 is 63.6 Å². The largest absolute Gasteiger partial charge is 0.504 e. The molecule has 25 heteroatoms. The van der Waals surface area contributed by atoms with E-state index < -0.39 is 110 Å². The number of fused-ring (bicyclic) bond motifs is 1. The highest BCUT2D eigenvalue weighted by molar-refractivity contribution is 8.02. The quantitative estimate of drug-likeness (QED) is 0.0275. The molecule has 54 heavy (non-hydrogen) atoms. The number of nitrogen functional groups attached to an aromatic ring is 1. The molecule has 288 valence electrons. The number of hydrogen-bond acceptors (Lipinski definition) is 16. The van der Waals surface area contributed by atoms with Crippen LogP contribution in [0.2, 0.25) is 5.02 Å². The predicted molar refractivity (Wildman–Crippen MR) is 185 cm³/mol. The van der Waals surface area contributed by atoms with Crippen molar-refractivity contribution in [1.82, 2.24) is 35.9 Å². The number of oxime groups is 1. The number of thiazole rings is 1. The highest BCUT2D eigenvalue weighted by atomic mass is 35.5. The van der Waals surface area contributed by atoms with Crippen LogP contribution in [0, 0.1) is 0 Å². The Morgan fingerprint density at radius 1 is 1.13 bits per heavy atom. The van der Waals surface area contributed by atoms with Crippen LogP contribution < -0.4 is 21.8 Å². The van der Waals surface area contributed by atoms with E-state index in [1.54, 1.807) is 0 Å². The SMILES string of the molecule is CC(C)(O/N=C(\C(=O)N[C@@H]1C(=O)N2C[C@@](C(=O)O)(N3CCN(NC(=O)CCNC(=O)C(=O)c4ccc(O)c(O)c4Cl)C3=O)S[C@H]12)c1csc(N)n1)C(=O)O. The van der Waals surface area contributed by atoms with Crippen molar-refractivity contribution in [3.63, 3.8) is 0 Å². The summed E-state index contributed by atoms with van der Waals surface area (Å²) >= 11 is 7.47. The standard InChI is InChI=1S/C29H30ClN9O13S2/c1-28(2,24(47)48)52-36-16(12-9-53-26(31)33-12)20(44)34-17-22(46)37-10-29(25(49)50,54-23(17)37)38-7-8-39(27(38)51)35-14(41)5-6-32-21(45)18(42)11-3-4-13(40)19(43)15(11)30/h3-4,9,17,23,40,43H,5-8,10H2,1-2H3,(H2,31,33)(H,32,45)(H,34,44)(H,35,41)(H,47,48)(H,49,50)/b36-16-/t17-,23-,29-/m1/s1. The van der Waals surface area contributed by atoms with Crippen LogP contribution in [-0.4, -0.2) is 141 Å². The fraction of sp³-hybridized carbons (Fsp3) is 0.379. The lowest BCUT2D eigenvalue weighted by Crippen LogP contribution is -2.68. The maximum Gasteiger partial charge on any atom is 0.350 e. The van der Waals surface area contributed by atoms with Gasteiger partial charge in [0.25, 0.3) is 17.6 Å². The molecule has 6 amide bonds. The molecule has 0 bridgehead atoms. The maximum absolute atomic E-state index is 13.4. The van der Waals surface area contributed by atoms with Gasteiger partial charge in [-0.2, -0.15) is 0 Å². The average molecular weight is 812 g/mol. The van der Waals surface area contributed by atoms with Crippen LogP contribution in [0.3, 0.4) is 0 Å². The number of nitrogens with one attached hydrogen (secondary N) is 3. The normalized spacial score (nSPS) is 20.9. The Morgan fingerprint density at radius 2 is 1.83 bits per heavy atom. The molecule has 3 atom stereocenters. The van der Waals surface area contributed by atoms with E-state index in [9.17, 15) is 58.8 Å². The third-order valence-corrected chi connectivity index (χ3v) is 10.9. The lowest BCUT2D eigenvalue weighted by Gasteiger charge is -2.41. The molecule has 3 aliphatic heterocycles. The first-order valence-electron chi connectivity index (χ1n) is 15.4. The van der Waals surface area contributed by atoms with Gasteiger partial charge in [0.15, 0.2) is 22.3 Å². The van der Waals surface area contributed by atoms with Crippen molar-refractivity contribution in [2.75, 3.05) is 31.9 Å². The lowest BCUT2D eigenvalue weighted by atomic mass is 10.1. The van der Waals surface area contributed by atoms with Crippen LogP contribution in [0.25, 0.3) is 0 Å². The molecule has 0 aliphatic carbocycles. The lowest BCUT2D eigenvalue weighted by molar-refractivity contribution is -0.161. The Labute approximate surface area is 316 Å². The summed E-state index contributed by atoms with van der Waals surface area (Å²) in [5.41, 5.74) is 5.13. The first kappa shape index (κ1) is 39.3. The number of carbonyl (C=O) groups is 8. The number of phenols is 2. The monoisotopic (exact) mass is 811 g/mol. The van der Waals surface area contributed by atoms with Gasteiger partial charge in [0.05, 0.1) is 23.7 Å². The first-order valence-corrected chi connectivity index (χ1v) is 17.6. The van der Waals surface area contributed by atoms with Gasteiger partial charge < -0.3 is 46.5 Å². The number of ketones is 1. The second kappa shape index (κ2) is 14.9. The van der Waals surface area contributed by atoms with Crippen molar-refractivity contribution in [2.45, 2.75) is 42.2 Å². The Balaban J connectivity index is 1.19. The van der Waals surface area contributed by atoms with Crippen molar-refractivity contribution in [3.05, 3.63) is 33.8 Å². The fourth-order valence-electron chi connectivity index (χ4n) is 5.22. The van der Waals surface area contributed by atoms with Crippen LogP contribution in [0.15, 0.2) is 22.7 Å². The summed E-state index contributed by atoms with van der Waals surface area (Å²) in [5, 5.41) is 47.9. The van der Waals surface area contributed by atoms with E-state index in [0.29, 0.717) is 11.8 Å². The molecule has 4 heterocycles. The number of halogens is 1. The van der Waals surface area contributed by atoms with Crippen molar-refractivity contribution in [1.29, 1.82) is 0 Å². The highest BCUT2D eigenvalue weighted by Gasteiger charge is 2.66. The molecule has 0 saturated carbocycles. The van der Waals surface area contributed by atoms with Gasteiger partial charge in [-0.25, -0.2) is 24.4 Å². The maximum atomic E-state index is 13.4.